The Hall–Kier alpha value is -1.79. The molecule has 1 aliphatic heterocycles. The fraction of sp³-hybridized carbons (Fsp3) is 0.800. The molecule has 1 atom stereocenters. The lowest BCUT2D eigenvalue weighted by Crippen LogP contribution is -2.45. The van der Waals surface area contributed by atoms with E-state index in [1.807, 2.05) is 13.8 Å². The van der Waals surface area contributed by atoms with Crippen LogP contribution in [0.5, 0.6) is 0 Å². The quantitative estimate of drug-likeness (QED) is 0.794. The summed E-state index contributed by atoms with van der Waals surface area (Å²) in [6, 6.07) is -0.697. The highest BCUT2D eigenvalue weighted by Gasteiger charge is 2.37. The molecule has 0 spiro atoms. The molecule has 1 saturated heterocycles. The van der Waals surface area contributed by atoms with E-state index >= 15 is 0 Å². The summed E-state index contributed by atoms with van der Waals surface area (Å²) >= 11 is 0. The fourth-order valence-corrected chi connectivity index (χ4v) is 2.15. The number of carbonyl (C=O) groups is 3. The molecular formula is C15H26N2O5. The normalized spacial score (nSPS) is 18.3. The lowest BCUT2D eigenvalue weighted by molar-refractivity contribution is -0.152. The second-order valence-corrected chi connectivity index (χ2v) is 6.66. The minimum atomic E-state index is -0.679. The van der Waals surface area contributed by atoms with Crippen molar-refractivity contribution in [3.63, 3.8) is 0 Å². The van der Waals surface area contributed by atoms with E-state index in [1.54, 1.807) is 20.8 Å². The van der Waals surface area contributed by atoms with Crippen LogP contribution in [0.15, 0.2) is 0 Å². The van der Waals surface area contributed by atoms with Gasteiger partial charge in [0.05, 0.1) is 0 Å². The van der Waals surface area contributed by atoms with E-state index in [1.165, 1.54) is 4.90 Å². The number of nitrogens with zero attached hydrogens (tertiary/aromatic N) is 1. The van der Waals surface area contributed by atoms with Crippen molar-refractivity contribution in [2.24, 2.45) is 0 Å². The lowest BCUT2D eigenvalue weighted by atomic mass is 10.2. The fourth-order valence-electron chi connectivity index (χ4n) is 2.15. The maximum Gasteiger partial charge on any atom is 0.411 e. The minimum absolute atomic E-state index is 0.0176. The summed E-state index contributed by atoms with van der Waals surface area (Å²) < 4.78 is 10.3. The van der Waals surface area contributed by atoms with Gasteiger partial charge in [0.25, 0.3) is 5.91 Å². The summed E-state index contributed by atoms with van der Waals surface area (Å²) in [5, 5.41) is 2.63. The predicted octanol–water partition coefficient (Wildman–Crippen LogP) is 1.45. The van der Waals surface area contributed by atoms with E-state index in [0.717, 1.165) is 0 Å². The second-order valence-electron chi connectivity index (χ2n) is 6.66. The van der Waals surface area contributed by atoms with Crippen LogP contribution >= 0.6 is 0 Å². The first-order valence-corrected chi connectivity index (χ1v) is 7.56. The Bertz CT molecular complexity index is 428. The second kappa shape index (κ2) is 7.47. The summed E-state index contributed by atoms with van der Waals surface area (Å²) in [5.41, 5.74) is -0.620. The summed E-state index contributed by atoms with van der Waals surface area (Å²) in [6.07, 6.45) is 0.694. The van der Waals surface area contributed by atoms with E-state index in [0.29, 0.717) is 19.4 Å². The summed E-state index contributed by atoms with van der Waals surface area (Å²) in [4.78, 5) is 37.0. The van der Waals surface area contributed by atoms with Gasteiger partial charge in [0, 0.05) is 12.6 Å². The number of nitrogens with one attached hydrogen (secondary N) is 1. The number of esters is 1. The van der Waals surface area contributed by atoms with Gasteiger partial charge in [0.1, 0.15) is 11.6 Å². The minimum Gasteiger partial charge on any atom is -0.454 e. The van der Waals surface area contributed by atoms with E-state index < -0.39 is 23.7 Å². The molecule has 1 rings (SSSR count). The number of rotatable bonds is 4. The van der Waals surface area contributed by atoms with Crippen molar-refractivity contribution in [1.29, 1.82) is 0 Å². The summed E-state index contributed by atoms with van der Waals surface area (Å²) in [7, 11) is 0. The first-order chi connectivity index (χ1) is 10.1. The third kappa shape index (κ3) is 5.91. The number of likely N-dealkylation sites (tertiary alicyclic amines) is 1. The first-order valence-electron chi connectivity index (χ1n) is 7.56. The molecule has 1 N–H and O–H groups in total. The Morgan fingerprint density at radius 3 is 2.45 bits per heavy atom. The van der Waals surface area contributed by atoms with Gasteiger partial charge in [-0.2, -0.15) is 0 Å². The van der Waals surface area contributed by atoms with Gasteiger partial charge < -0.3 is 14.8 Å². The van der Waals surface area contributed by atoms with Crippen LogP contribution < -0.4 is 5.32 Å². The molecular weight excluding hydrogens is 288 g/mol. The first kappa shape index (κ1) is 18.3. The molecule has 1 aliphatic rings. The molecule has 2 amide bonds. The van der Waals surface area contributed by atoms with E-state index in [-0.39, 0.29) is 18.6 Å². The zero-order valence-electron chi connectivity index (χ0n) is 14.0. The molecule has 7 heteroatoms. The largest absolute Gasteiger partial charge is 0.454 e. The molecule has 1 fully saturated rings. The number of amides is 2. The third-order valence-corrected chi connectivity index (χ3v) is 2.95. The maximum atomic E-state index is 12.1. The Morgan fingerprint density at radius 1 is 1.27 bits per heavy atom. The Labute approximate surface area is 131 Å². The highest BCUT2D eigenvalue weighted by atomic mass is 16.6. The third-order valence-electron chi connectivity index (χ3n) is 2.95. The van der Waals surface area contributed by atoms with Crippen LogP contribution in [-0.2, 0) is 19.1 Å². The SMILES string of the molecule is CC(C)NC(=O)COC(=O)[C@@H]1CCCN1C(=O)OC(C)(C)C. The van der Waals surface area contributed by atoms with E-state index in [9.17, 15) is 14.4 Å². The van der Waals surface area contributed by atoms with Crippen molar-refractivity contribution in [3.05, 3.63) is 0 Å². The van der Waals surface area contributed by atoms with E-state index in [2.05, 4.69) is 5.32 Å². The molecule has 0 unspecified atom stereocenters. The van der Waals surface area contributed by atoms with Crippen LogP contribution in [-0.4, -0.2) is 53.7 Å². The van der Waals surface area contributed by atoms with Gasteiger partial charge in [0.15, 0.2) is 6.61 Å². The van der Waals surface area contributed by atoms with Gasteiger partial charge in [-0.3, -0.25) is 9.69 Å². The summed E-state index contributed by atoms with van der Waals surface area (Å²) in [5.74, 6) is -0.924. The predicted molar refractivity (Wildman–Crippen MR) is 80.2 cm³/mol. The van der Waals surface area contributed by atoms with Crippen LogP contribution in [0, 0.1) is 0 Å². The zero-order chi connectivity index (χ0) is 16.9. The smallest absolute Gasteiger partial charge is 0.411 e. The Kier molecular flexibility index (Phi) is 6.20. The van der Waals surface area contributed by atoms with Gasteiger partial charge in [-0.15, -0.1) is 0 Å². The van der Waals surface area contributed by atoms with Crippen molar-refractivity contribution >= 4 is 18.0 Å². The van der Waals surface area contributed by atoms with Gasteiger partial charge in [-0.05, 0) is 47.5 Å². The highest BCUT2D eigenvalue weighted by molar-refractivity contribution is 5.85. The number of carbonyl (C=O) groups excluding carboxylic acids is 3. The molecule has 0 aromatic carbocycles. The molecule has 126 valence electrons. The van der Waals surface area contributed by atoms with Crippen molar-refractivity contribution in [1.82, 2.24) is 10.2 Å². The topological polar surface area (TPSA) is 84.9 Å². The van der Waals surface area contributed by atoms with Crippen LogP contribution in [0.25, 0.3) is 0 Å². The van der Waals surface area contributed by atoms with Gasteiger partial charge in [0.2, 0.25) is 0 Å². The number of ether oxygens (including phenoxy) is 2. The van der Waals surface area contributed by atoms with Crippen molar-refractivity contribution < 1.29 is 23.9 Å². The van der Waals surface area contributed by atoms with Gasteiger partial charge in [-0.1, -0.05) is 0 Å². The number of hydrogen-bond acceptors (Lipinski definition) is 5. The standard InChI is InChI=1S/C15H26N2O5/c1-10(2)16-12(18)9-21-13(19)11-7-6-8-17(11)14(20)22-15(3,4)5/h10-11H,6-9H2,1-5H3,(H,16,18)/t11-/m0/s1. The summed E-state index contributed by atoms with van der Waals surface area (Å²) in [6.45, 7) is 9.06. The van der Waals surface area contributed by atoms with Crippen molar-refractivity contribution in [2.45, 2.75) is 65.1 Å². The van der Waals surface area contributed by atoms with Gasteiger partial charge in [-0.25, -0.2) is 9.59 Å². The van der Waals surface area contributed by atoms with Crippen molar-refractivity contribution in [2.75, 3.05) is 13.2 Å². The average Bonchev–Trinajstić information content (AvgIpc) is 2.82. The van der Waals surface area contributed by atoms with Gasteiger partial charge >= 0.3 is 12.1 Å². The molecule has 0 aromatic rings. The zero-order valence-corrected chi connectivity index (χ0v) is 14.0. The van der Waals surface area contributed by atoms with E-state index in [4.69, 9.17) is 9.47 Å². The molecule has 0 aromatic heterocycles. The molecule has 0 radical (unpaired) electrons. The van der Waals surface area contributed by atoms with Crippen molar-refractivity contribution in [3.8, 4) is 0 Å². The lowest BCUT2D eigenvalue weighted by Gasteiger charge is -2.27. The molecule has 22 heavy (non-hydrogen) atoms. The average molecular weight is 314 g/mol. The molecule has 0 aliphatic carbocycles. The Morgan fingerprint density at radius 2 is 1.91 bits per heavy atom. The van der Waals surface area contributed by atoms with Crippen LogP contribution in [0.2, 0.25) is 0 Å². The van der Waals surface area contributed by atoms with Crippen LogP contribution in [0.1, 0.15) is 47.5 Å². The molecule has 0 saturated carbocycles. The maximum absolute atomic E-state index is 12.1. The molecule has 7 nitrogen and oxygen atoms in total. The monoisotopic (exact) mass is 314 g/mol. The number of hydrogen-bond donors (Lipinski definition) is 1. The Balaban J connectivity index is 2.53. The van der Waals surface area contributed by atoms with Crippen LogP contribution in [0.4, 0.5) is 4.79 Å². The van der Waals surface area contributed by atoms with Crippen LogP contribution in [0.3, 0.4) is 0 Å². The molecule has 0 bridgehead atoms. The molecule has 1 heterocycles. The highest BCUT2D eigenvalue weighted by Crippen LogP contribution is 2.21.